The van der Waals surface area contributed by atoms with Crippen molar-refractivity contribution in [2.45, 2.75) is 13.5 Å². The molecule has 0 spiro atoms. The van der Waals surface area contributed by atoms with Gasteiger partial charge >= 0.3 is 0 Å². The van der Waals surface area contributed by atoms with Crippen LogP contribution >= 0.6 is 0 Å². The lowest BCUT2D eigenvalue weighted by atomic mass is 10.2. The summed E-state index contributed by atoms with van der Waals surface area (Å²) in [4.78, 5) is 12.6. The van der Waals surface area contributed by atoms with Crippen LogP contribution in [0.4, 0.5) is 11.5 Å². The maximum Gasteiger partial charge on any atom is 0.213 e. The van der Waals surface area contributed by atoms with Crippen molar-refractivity contribution in [3.63, 3.8) is 0 Å². The Morgan fingerprint density at radius 3 is 2.95 bits per heavy atom. The number of oxazole rings is 1. The van der Waals surface area contributed by atoms with E-state index in [-0.39, 0.29) is 0 Å². The molecule has 0 amide bonds. The third-order valence-electron chi connectivity index (χ3n) is 2.74. The molecule has 96 valence electrons. The average Bonchev–Trinajstić information content (AvgIpc) is 2.82. The number of nitrogens with one attached hydrogen (secondary N) is 1. The van der Waals surface area contributed by atoms with Crippen LogP contribution in [0.3, 0.4) is 0 Å². The SMILES string of the molecule is Cc1cnc(CNc2ncnc3ccc(N)cc23)o1. The highest BCUT2D eigenvalue weighted by molar-refractivity contribution is 5.91. The maximum atomic E-state index is 5.79. The van der Waals surface area contributed by atoms with E-state index in [4.69, 9.17) is 10.2 Å². The predicted octanol–water partition coefficient (Wildman–Crippen LogP) is 2.12. The number of nitrogens with two attached hydrogens (primary N) is 1. The zero-order valence-electron chi connectivity index (χ0n) is 10.4. The van der Waals surface area contributed by atoms with Crippen molar-refractivity contribution in [1.82, 2.24) is 15.0 Å². The summed E-state index contributed by atoms with van der Waals surface area (Å²) in [7, 11) is 0. The molecule has 0 aliphatic heterocycles. The van der Waals surface area contributed by atoms with Gasteiger partial charge in [-0.1, -0.05) is 0 Å². The average molecular weight is 255 g/mol. The molecule has 0 unspecified atom stereocenters. The fraction of sp³-hybridized carbons (Fsp3) is 0.154. The molecule has 19 heavy (non-hydrogen) atoms. The normalized spacial score (nSPS) is 10.8. The fourth-order valence-electron chi connectivity index (χ4n) is 1.86. The van der Waals surface area contributed by atoms with Gasteiger partial charge in [-0.2, -0.15) is 0 Å². The third kappa shape index (κ3) is 2.33. The number of hydrogen-bond donors (Lipinski definition) is 2. The van der Waals surface area contributed by atoms with Gasteiger partial charge in [0.2, 0.25) is 5.89 Å². The van der Waals surface area contributed by atoms with Crippen LogP contribution in [0.25, 0.3) is 10.9 Å². The van der Waals surface area contributed by atoms with Gasteiger partial charge in [-0.05, 0) is 25.1 Å². The Labute approximate surface area is 109 Å². The van der Waals surface area contributed by atoms with Gasteiger partial charge in [-0.25, -0.2) is 15.0 Å². The first kappa shape index (κ1) is 11.5. The molecule has 0 fully saturated rings. The molecule has 0 bridgehead atoms. The number of nitrogens with zero attached hydrogens (tertiary/aromatic N) is 3. The second-order valence-corrected chi connectivity index (χ2v) is 4.22. The van der Waals surface area contributed by atoms with Crippen molar-refractivity contribution in [1.29, 1.82) is 0 Å². The lowest BCUT2D eigenvalue weighted by Gasteiger charge is -2.06. The monoisotopic (exact) mass is 255 g/mol. The highest BCUT2D eigenvalue weighted by Gasteiger charge is 2.06. The van der Waals surface area contributed by atoms with Crippen LogP contribution in [-0.2, 0) is 6.54 Å². The maximum absolute atomic E-state index is 5.79. The van der Waals surface area contributed by atoms with E-state index in [0.717, 1.165) is 16.7 Å². The Balaban J connectivity index is 1.90. The minimum absolute atomic E-state index is 0.467. The van der Waals surface area contributed by atoms with Gasteiger partial charge in [-0.3, -0.25) is 0 Å². The molecular weight excluding hydrogens is 242 g/mol. The lowest BCUT2D eigenvalue weighted by molar-refractivity contribution is 0.479. The Kier molecular flexibility index (Phi) is 2.75. The molecular formula is C13H13N5O. The van der Waals surface area contributed by atoms with Gasteiger partial charge in [0.05, 0.1) is 18.3 Å². The molecule has 0 aliphatic carbocycles. The van der Waals surface area contributed by atoms with Gasteiger partial charge in [0.1, 0.15) is 17.9 Å². The van der Waals surface area contributed by atoms with E-state index in [0.29, 0.717) is 23.9 Å². The molecule has 3 rings (SSSR count). The van der Waals surface area contributed by atoms with Crippen LogP contribution in [0.2, 0.25) is 0 Å². The van der Waals surface area contributed by atoms with Crippen LogP contribution in [0, 0.1) is 6.92 Å². The first-order valence-electron chi connectivity index (χ1n) is 5.88. The molecule has 0 radical (unpaired) electrons. The molecule has 3 aromatic rings. The van der Waals surface area contributed by atoms with E-state index >= 15 is 0 Å². The Bertz CT molecular complexity index is 722. The van der Waals surface area contributed by atoms with E-state index in [2.05, 4.69) is 20.3 Å². The minimum Gasteiger partial charge on any atom is -0.444 e. The molecule has 6 nitrogen and oxygen atoms in total. The van der Waals surface area contributed by atoms with Gasteiger partial charge in [-0.15, -0.1) is 0 Å². The van der Waals surface area contributed by atoms with Gasteiger partial charge in [0, 0.05) is 11.1 Å². The topological polar surface area (TPSA) is 89.9 Å². The summed E-state index contributed by atoms with van der Waals surface area (Å²) < 4.78 is 5.40. The number of benzene rings is 1. The predicted molar refractivity (Wildman–Crippen MR) is 72.5 cm³/mol. The number of fused-ring (bicyclic) bond motifs is 1. The van der Waals surface area contributed by atoms with Crippen molar-refractivity contribution in [3.8, 4) is 0 Å². The minimum atomic E-state index is 0.467. The first-order chi connectivity index (χ1) is 9.22. The zero-order valence-corrected chi connectivity index (χ0v) is 10.4. The van der Waals surface area contributed by atoms with Crippen molar-refractivity contribution in [3.05, 3.63) is 42.4 Å². The molecule has 0 atom stereocenters. The Morgan fingerprint density at radius 1 is 1.26 bits per heavy atom. The Hall–Kier alpha value is -2.63. The third-order valence-corrected chi connectivity index (χ3v) is 2.74. The highest BCUT2D eigenvalue weighted by Crippen LogP contribution is 2.22. The van der Waals surface area contributed by atoms with Crippen LogP contribution < -0.4 is 11.1 Å². The summed E-state index contributed by atoms with van der Waals surface area (Å²) in [5, 5.41) is 4.06. The van der Waals surface area contributed by atoms with E-state index in [1.165, 1.54) is 6.33 Å². The first-order valence-corrected chi connectivity index (χ1v) is 5.88. The standard InChI is InChI=1S/C13H13N5O/c1-8-5-15-12(19-8)6-16-13-10-4-9(14)2-3-11(10)17-7-18-13/h2-5,7H,6,14H2,1H3,(H,16,17,18). The summed E-state index contributed by atoms with van der Waals surface area (Å²) >= 11 is 0. The summed E-state index contributed by atoms with van der Waals surface area (Å²) in [5.74, 6) is 2.12. The van der Waals surface area contributed by atoms with E-state index in [1.807, 2.05) is 25.1 Å². The van der Waals surface area contributed by atoms with Crippen molar-refractivity contribution < 1.29 is 4.42 Å². The highest BCUT2D eigenvalue weighted by atomic mass is 16.4. The number of rotatable bonds is 3. The molecule has 2 heterocycles. The zero-order chi connectivity index (χ0) is 13.2. The molecule has 2 aromatic heterocycles. The molecule has 1 aromatic carbocycles. The fourth-order valence-corrected chi connectivity index (χ4v) is 1.86. The van der Waals surface area contributed by atoms with E-state index < -0.39 is 0 Å². The summed E-state index contributed by atoms with van der Waals surface area (Å²) in [6.45, 7) is 2.33. The van der Waals surface area contributed by atoms with E-state index in [1.54, 1.807) is 6.20 Å². The molecule has 0 saturated carbocycles. The number of hydrogen-bond acceptors (Lipinski definition) is 6. The number of anilines is 2. The quantitative estimate of drug-likeness (QED) is 0.697. The molecule has 3 N–H and O–H groups in total. The summed E-state index contributed by atoms with van der Waals surface area (Å²) in [6, 6.07) is 5.53. The Morgan fingerprint density at radius 2 is 2.16 bits per heavy atom. The number of nitrogen functional groups attached to an aromatic ring is 1. The largest absolute Gasteiger partial charge is 0.444 e. The summed E-state index contributed by atoms with van der Waals surface area (Å²) in [5.41, 5.74) is 7.31. The van der Waals surface area contributed by atoms with Gasteiger partial charge in [0.25, 0.3) is 0 Å². The van der Waals surface area contributed by atoms with Crippen molar-refractivity contribution in [2.24, 2.45) is 0 Å². The van der Waals surface area contributed by atoms with Crippen molar-refractivity contribution in [2.75, 3.05) is 11.1 Å². The second-order valence-electron chi connectivity index (χ2n) is 4.22. The van der Waals surface area contributed by atoms with Crippen LogP contribution in [0.15, 0.2) is 35.1 Å². The number of aryl methyl sites for hydroxylation is 1. The van der Waals surface area contributed by atoms with Gasteiger partial charge in [0.15, 0.2) is 0 Å². The van der Waals surface area contributed by atoms with Gasteiger partial charge < -0.3 is 15.5 Å². The summed E-state index contributed by atoms with van der Waals surface area (Å²) in [6.07, 6.45) is 3.20. The lowest BCUT2D eigenvalue weighted by Crippen LogP contribution is -2.03. The molecule has 6 heteroatoms. The van der Waals surface area contributed by atoms with E-state index in [9.17, 15) is 0 Å². The van der Waals surface area contributed by atoms with Crippen LogP contribution in [0.1, 0.15) is 11.7 Å². The molecule has 0 saturated heterocycles. The van der Waals surface area contributed by atoms with Crippen LogP contribution in [0.5, 0.6) is 0 Å². The van der Waals surface area contributed by atoms with Crippen LogP contribution in [-0.4, -0.2) is 15.0 Å². The molecule has 0 aliphatic rings. The smallest absolute Gasteiger partial charge is 0.213 e. The number of aromatic nitrogens is 3. The second kappa shape index (κ2) is 4.56. The van der Waals surface area contributed by atoms with Crippen molar-refractivity contribution >= 4 is 22.4 Å².